The van der Waals surface area contributed by atoms with Crippen molar-refractivity contribution in [2.24, 2.45) is 5.92 Å². The summed E-state index contributed by atoms with van der Waals surface area (Å²) in [7, 11) is 0. The quantitative estimate of drug-likeness (QED) is 0.748. The molecule has 2 aliphatic rings. The molecule has 146 valence electrons. The largest absolute Gasteiger partial charge is 0.455 e. The van der Waals surface area contributed by atoms with Crippen LogP contribution in [0.3, 0.4) is 0 Å². The highest BCUT2D eigenvalue weighted by atomic mass is 35.5. The van der Waals surface area contributed by atoms with Crippen molar-refractivity contribution in [2.75, 3.05) is 18.5 Å². The van der Waals surface area contributed by atoms with Crippen LogP contribution in [0.4, 0.5) is 5.69 Å². The molecule has 1 aliphatic heterocycles. The number of rotatable bonds is 5. The number of carbonyl (C=O) groups is 3. The van der Waals surface area contributed by atoms with Gasteiger partial charge in [-0.1, -0.05) is 42.5 Å². The maximum Gasteiger partial charge on any atom is 0.311 e. The normalized spacial score (nSPS) is 20.6. The lowest BCUT2D eigenvalue weighted by molar-refractivity contribution is -0.151. The number of likely N-dealkylation sites (tertiary alicyclic amines) is 1. The van der Waals surface area contributed by atoms with Crippen molar-refractivity contribution in [3.8, 4) is 0 Å². The highest BCUT2D eigenvalue weighted by molar-refractivity contribution is 6.42. The number of carbonyl (C=O) groups excluding carboxylic acids is 3. The van der Waals surface area contributed by atoms with Crippen molar-refractivity contribution < 1.29 is 19.1 Å². The average molecular weight is 413 g/mol. The van der Waals surface area contributed by atoms with E-state index in [1.54, 1.807) is 12.1 Å². The van der Waals surface area contributed by atoms with Crippen molar-refractivity contribution in [2.45, 2.75) is 44.6 Å². The van der Waals surface area contributed by atoms with Crippen LogP contribution < -0.4 is 5.32 Å². The van der Waals surface area contributed by atoms with Gasteiger partial charge in [0.2, 0.25) is 5.91 Å². The zero-order chi connectivity index (χ0) is 19.4. The van der Waals surface area contributed by atoms with Gasteiger partial charge < -0.3 is 15.0 Å². The molecule has 8 heteroatoms. The van der Waals surface area contributed by atoms with Gasteiger partial charge in [0.15, 0.2) is 6.61 Å². The molecule has 0 spiro atoms. The fourth-order valence-electron chi connectivity index (χ4n) is 3.66. The molecule has 1 aromatic carbocycles. The molecule has 1 atom stereocenters. The predicted octanol–water partition coefficient (Wildman–Crippen LogP) is 3.66. The maximum atomic E-state index is 12.3. The minimum atomic E-state index is -0.508. The van der Waals surface area contributed by atoms with Crippen molar-refractivity contribution in [3.63, 3.8) is 0 Å². The second-order valence-corrected chi connectivity index (χ2v) is 7.84. The van der Waals surface area contributed by atoms with Crippen LogP contribution in [0.25, 0.3) is 0 Å². The fourth-order valence-corrected chi connectivity index (χ4v) is 3.96. The van der Waals surface area contributed by atoms with Crippen LogP contribution in [-0.4, -0.2) is 41.9 Å². The van der Waals surface area contributed by atoms with Gasteiger partial charge in [0.05, 0.1) is 16.0 Å². The maximum absolute atomic E-state index is 12.3. The third-order valence-electron chi connectivity index (χ3n) is 5.06. The van der Waals surface area contributed by atoms with E-state index >= 15 is 0 Å². The first-order valence-electron chi connectivity index (χ1n) is 9.15. The summed E-state index contributed by atoms with van der Waals surface area (Å²) in [6.07, 6.45) is 5.61. The molecule has 1 aliphatic carbocycles. The summed E-state index contributed by atoms with van der Waals surface area (Å²) in [6.45, 7) is -0.0239. The number of anilines is 1. The molecule has 1 heterocycles. The smallest absolute Gasteiger partial charge is 0.311 e. The molecule has 1 saturated carbocycles. The van der Waals surface area contributed by atoms with Crippen molar-refractivity contribution in [1.29, 1.82) is 0 Å². The molecule has 0 radical (unpaired) electrons. The summed E-state index contributed by atoms with van der Waals surface area (Å²) >= 11 is 11.7. The van der Waals surface area contributed by atoms with Gasteiger partial charge in [-0.15, -0.1) is 0 Å². The minimum Gasteiger partial charge on any atom is -0.455 e. The zero-order valence-electron chi connectivity index (χ0n) is 14.9. The van der Waals surface area contributed by atoms with Crippen LogP contribution >= 0.6 is 23.2 Å². The Labute approximate surface area is 168 Å². The van der Waals surface area contributed by atoms with Gasteiger partial charge in [0.25, 0.3) is 5.91 Å². The molecular formula is C19H22Cl2N2O4. The van der Waals surface area contributed by atoms with E-state index in [0.29, 0.717) is 22.3 Å². The lowest BCUT2D eigenvalue weighted by atomic mass is 9.94. The number of ether oxygens (including phenoxy) is 1. The molecule has 1 aromatic rings. The number of nitrogens with zero attached hydrogens (tertiary/aromatic N) is 1. The number of amides is 2. The van der Waals surface area contributed by atoms with Gasteiger partial charge in [-0.3, -0.25) is 14.4 Å². The Hall–Kier alpha value is -1.79. The van der Waals surface area contributed by atoms with Gasteiger partial charge in [0, 0.05) is 24.7 Å². The van der Waals surface area contributed by atoms with E-state index in [2.05, 4.69) is 5.32 Å². The number of esters is 1. The van der Waals surface area contributed by atoms with Gasteiger partial charge >= 0.3 is 5.97 Å². The first kappa shape index (κ1) is 20.0. The molecule has 6 nitrogen and oxygen atoms in total. The van der Waals surface area contributed by atoms with Gasteiger partial charge in [-0.2, -0.15) is 0 Å². The van der Waals surface area contributed by atoms with E-state index in [1.165, 1.54) is 12.5 Å². The van der Waals surface area contributed by atoms with E-state index in [9.17, 15) is 14.4 Å². The van der Waals surface area contributed by atoms with Crippen LogP contribution in [0.2, 0.25) is 10.0 Å². The Morgan fingerprint density at radius 1 is 1.15 bits per heavy atom. The van der Waals surface area contributed by atoms with E-state index in [-0.39, 0.29) is 18.4 Å². The van der Waals surface area contributed by atoms with Crippen LogP contribution in [-0.2, 0) is 19.1 Å². The Bertz CT molecular complexity index is 734. The van der Waals surface area contributed by atoms with E-state index < -0.39 is 24.4 Å². The molecule has 2 fully saturated rings. The Morgan fingerprint density at radius 2 is 1.89 bits per heavy atom. The Morgan fingerprint density at radius 3 is 2.59 bits per heavy atom. The Balaban J connectivity index is 1.46. The molecule has 3 rings (SSSR count). The predicted molar refractivity (Wildman–Crippen MR) is 103 cm³/mol. The topological polar surface area (TPSA) is 75.7 Å². The molecule has 2 amide bonds. The number of benzene rings is 1. The molecule has 0 aromatic heterocycles. The summed E-state index contributed by atoms with van der Waals surface area (Å²) in [4.78, 5) is 38.3. The van der Waals surface area contributed by atoms with Crippen molar-refractivity contribution >= 4 is 46.7 Å². The molecule has 0 unspecified atom stereocenters. The average Bonchev–Trinajstić information content (AvgIpc) is 3.05. The fraction of sp³-hybridized carbons (Fsp3) is 0.526. The number of hydrogen-bond acceptors (Lipinski definition) is 4. The standard InChI is InChI=1S/C19H22Cl2N2O4/c20-15-7-6-13(9-16(15)21)22-17(24)11-27-19(26)12-8-18(25)23(10-12)14-4-2-1-3-5-14/h6-7,9,12,14H,1-5,8,10-11H2,(H,22,24)/t12-/m1/s1. The lowest BCUT2D eigenvalue weighted by Crippen LogP contribution is -2.38. The minimum absolute atomic E-state index is 0.00380. The number of nitrogens with one attached hydrogen (secondary N) is 1. The van der Waals surface area contributed by atoms with E-state index in [0.717, 1.165) is 25.7 Å². The second kappa shape index (κ2) is 8.93. The highest BCUT2D eigenvalue weighted by Crippen LogP contribution is 2.29. The third kappa shape index (κ3) is 5.14. The number of hydrogen-bond donors (Lipinski definition) is 1. The number of halogens is 2. The Kier molecular flexibility index (Phi) is 6.60. The van der Waals surface area contributed by atoms with Gasteiger partial charge in [-0.05, 0) is 31.0 Å². The zero-order valence-corrected chi connectivity index (χ0v) is 16.4. The lowest BCUT2D eigenvalue weighted by Gasteiger charge is -2.31. The van der Waals surface area contributed by atoms with Crippen LogP contribution in [0.15, 0.2) is 18.2 Å². The third-order valence-corrected chi connectivity index (χ3v) is 5.80. The summed E-state index contributed by atoms with van der Waals surface area (Å²) < 4.78 is 5.11. The van der Waals surface area contributed by atoms with Gasteiger partial charge in [-0.25, -0.2) is 0 Å². The SMILES string of the molecule is O=C(COC(=O)[C@@H]1CC(=O)N(C2CCCCC2)C1)Nc1ccc(Cl)c(Cl)c1. The monoisotopic (exact) mass is 412 g/mol. The summed E-state index contributed by atoms with van der Waals surface area (Å²) in [5, 5.41) is 3.29. The first-order valence-corrected chi connectivity index (χ1v) is 9.90. The van der Waals surface area contributed by atoms with Crippen LogP contribution in [0, 0.1) is 5.92 Å². The summed E-state index contributed by atoms with van der Waals surface area (Å²) in [5.41, 5.74) is 0.463. The van der Waals surface area contributed by atoms with Crippen LogP contribution in [0.5, 0.6) is 0 Å². The molecule has 0 bridgehead atoms. The van der Waals surface area contributed by atoms with Crippen molar-refractivity contribution in [1.82, 2.24) is 4.90 Å². The van der Waals surface area contributed by atoms with Crippen LogP contribution in [0.1, 0.15) is 38.5 Å². The summed E-state index contributed by atoms with van der Waals surface area (Å²) in [5.74, 6) is -1.48. The van der Waals surface area contributed by atoms with E-state index in [1.807, 2.05) is 4.90 Å². The molecule has 1 saturated heterocycles. The molecule has 1 N–H and O–H groups in total. The second-order valence-electron chi connectivity index (χ2n) is 7.02. The first-order chi connectivity index (χ1) is 12.9. The molecule has 27 heavy (non-hydrogen) atoms. The van der Waals surface area contributed by atoms with E-state index in [4.69, 9.17) is 27.9 Å². The summed E-state index contributed by atoms with van der Waals surface area (Å²) in [6, 6.07) is 4.92. The van der Waals surface area contributed by atoms with Gasteiger partial charge in [0.1, 0.15) is 0 Å². The molecular weight excluding hydrogens is 391 g/mol. The van der Waals surface area contributed by atoms with Crippen molar-refractivity contribution in [3.05, 3.63) is 28.2 Å². The highest BCUT2D eigenvalue weighted by Gasteiger charge is 2.39.